The van der Waals surface area contributed by atoms with Crippen molar-refractivity contribution in [3.8, 4) is 0 Å². The highest BCUT2D eigenvalue weighted by atomic mass is 31.1. The molecule has 0 amide bonds. The summed E-state index contributed by atoms with van der Waals surface area (Å²) in [6.07, 6.45) is 4.38. The van der Waals surface area contributed by atoms with Crippen molar-refractivity contribution in [3.05, 3.63) is 0 Å². The fourth-order valence-corrected chi connectivity index (χ4v) is 0.867. The molecule has 0 rings (SSSR count). The van der Waals surface area contributed by atoms with Crippen LogP contribution < -0.4 is 0 Å². The molecule has 0 spiro atoms. The minimum Gasteiger partial charge on any atom is -0.396 e. The summed E-state index contributed by atoms with van der Waals surface area (Å²) in [5, 5.41) is 8.41. The van der Waals surface area contributed by atoms with E-state index in [-0.39, 0.29) is 8.46 Å². The summed E-state index contributed by atoms with van der Waals surface area (Å²) >= 11 is 0. The molecule has 0 fully saturated rings. The van der Waals surface area contributed by atoms with Crippen molar-refractivity contribution in [2.75, 3.05) is 6.61 Å². The van der Waals surface area contributed by atoms with E-state index < -0.39 is 0 Å². The van der Waals surface area contributed by atoms with Crippen LogP contribution in [0, 0.1) is 5.92 Å². The van der Waals surface area contributed by atoms with E-state index in [9.17, 15) is 4.57 Å². The van der Waals surface area contributed by atoms with Gasteiger partial charge in [0, 0.05) is 12.3 Å². The predicted octanol–water partition coefficient (Wildman–Crippen LogP) is 3.88. The van der Waals surface area contributed by atoms with Crippen LogP contribution in [0.25, 0.3) is 0 Å². The van der Waals surface area contributed by atoms with Gasteiger partial charge in [-0.05, 0) is 25.2 Å². The Bertz CT molecular complexity index is 118. The van der Waals surface area contributed by atoms with Crippen LogP contribution in [0.15, 0.2) is 0 Å². The van der Waals surface area contributed by atoms with Gasteiger partial charge in [0.15, 0.2) is 8.46 Å². The van der Waals surface area contributed by atoms with Crippen molar-refractivity contribution in [2.24, 2.45) is 5.92 Å². The zero-order valence-electron chi connectivity index (χ0n) is 9.99. The van der Waals surface area contributed by atoms with Crippen molar-refractivity contribution in [1.29, 1.82) is 0 Å². The number of aliphatic hydroxyl groups is 1. The van der Waals surface area contributed by atoms with Gasteiger partial charge in [-0.2, -0.15) is 0 Å². The van der Waals surface area contributed by atoms with Crippen LogP contribution in [-0.4, -0.2) is 17.4 Å². The number of hydrogen-bond acceptors (Lipinski definition) is 2. The lowest BCUT2D eigenvalue weighted by Crippen LogP contribution is -1.93. The SMILES string of the molecule is CCC(C)CCCO.CCC(C)P=O. The Morgan fingerprint density at radius 1 is 1.21 bits per heavy atom. The lowest BCUT2D eigenvalue weighted by atomic mass is 10.0. The predicted molar refractivity (Wildman–Crippen MR) is 63.1 cm³/mol. The Kier molecular flexibility index (Phi) is 15.4. The normalized spacial score (nSPS) is 14.4. The van der Waals surface area contributed by atoms with E-state index in [0.717, 1.165) is 18.8 Å². The van der Waals surface area contributed by atoms with Crippen LogP contribution in [-0.2, 0) is 4.57 Å². The summed E-state index contributed by atoms with van der Waals surface area (Å²) in [5.74, 6) is 0.794. The molecule has 0 heterocycles. The molecule has 0 aromatic heterocycles. The molecule has 14 heavy (non-hydrogen) atoms. The van der Waals surface area contributed by atoms with Gasteiger partial charge >= 0.3 is 0 Å². The van der Waals surface area contributed by atoms with Crippen LogP contribution in [0.2, 0.25) is 0 Å². The third kappa shape index (κ3) is 14.6. The van der Waals surface area contributed by atoms with E-state index in [1.807, 2.05) is 13.8 Å². The molecule has 0 aliphatic carbocycles. The molecule has 0 radical (unpaired) electrons. The second-order valence-electron chi connectivity index (χ2n) is 3.74. The standard InChI is InChI=1S/C7H16O.C4H9OP/c1-3-7(2)5-4-6-8;1-3-4(2)6-5/h7-8H,3-6H2,1-2H3;4H,3H2,1-2H3. The van der Waals surface area contributed by atoms with Gasteiger partial charge in [-0.25, -0.2) is 0 Å². The van der Waals surface area contributed by atoms with Crippen LogP contribution in [0.3, 0.4) is 0 Å². The highest BCUT2D eigenvalue weighted by Gasteiger charge is 1.95. The van der Waals surface area contributed by atoms with E-state index in [1.54, 1.807) is 0 Å². The van der Waals surface area contributed by atoms with Gasteiger partial charge in [-0.3, -0.25) is 4.57 Å². The van der Waals surface area contributed by atoms with Crippen LogP contribution in [0.4, 0.5) is 0 Å². The van der Waals surface area contributed by atoms with E-state index in [0.29, 0.717) is 12.3 Å². The van der Waals surface area contributed by atoms with Gasteiger partial charge in [-0.1, -0.05) is 34.1 Å². The fraction of sp³-hybridized carbons (Fsp3) is 1.00. The van der Waals surface area contributed by atoms with E-state index in [2.05, 4.69) is 13.8 Å². The third-order valence-corrected chi connectivity index (χ3v) is 3.05. The van der Waals surface area contributed by atoms with E-state index >= 15 is 0 Å². The molecule has 86 valence electrons. The first-order valence-corrected chi connectivity index (χ1v) is 6.43. The van der Waals surface area contributed by atoms with Gasteiger partial charge in [-0.15, -0.1) is 0 Å². The molecule has 1 N–H and O–H groups in total. The largest absolute Gasteiger partial charge is 0.396 e. The first kappa shape index (κ1) is 16.5. The molecule has 0 saturated carbocycles. The number of rotatable bonds is 6. The smallest absolute Gasteiger partial charge is 0.158 e. The molecule has 0 aliphatic heterocycles. The molecule has 2 atom stereocenters. The molecule has 2 nitrogen and oxygen atoms in total. The Labute approximate surface area is 90.3 Å². The summed E-state index contributed by atoms with van der Waals surface area (Å²) in [6, 6.07) is 0. The Hall–Kier alpha value is 0.0600. The van der Waals surface area contributed by atoms with Gasteiger partial charge in [0.2, 0.25) is 0 Å². The average Bonchev–Trinajstić information content (AvgIpc) is 2.25. The van der Waals surface area contributed by atoms with E-state index in [1.165, 1.54) is 12.8 Å². The summed E-state index contributed by atoms with van der Waals surface area (Å²) in [7, 11) is 0.278. The quantitative estimate of drug-likeness (QED) is 0.690. The van der Waals surface area contributed by atoms with E-state index in [4.69, 9.17) is 5.11 Å². The monoisotopic (exact) mass is 220 g/mol. The first-order chi connectivity index (χ1) is 6.62. The van der Waals surface area contributed by atoms with Crippen molar-refractivity contribution < 1.29 is 9.67 Å². The Morgan fingerprint density at radius 2 is 1.79 bits per heavy atom. The molecule has 0 bridgehead atoms. The maximum Gasteiger partial charge on any atom is 0.158 e. The summed E-state index contributed by atoms with van der Waals surface area (Å²) < 4.78 is 9.83. The van der Waals surface area contributed by atoms with Crippen molar-refractivity contribution in [3.63, 3.8) is 0 Å². The lowest BCUT2D eigenvalue weighted by molar-refractivity contribution is 0.273. The molecular formula is C11H25O2P. The molecule has 3 heteroatoms. The second-order valence-corrected chi connectivity index (χ2v) is 4.83. The van der Waals surface area contributed by atoms with Crippen molar-refractivity contribution >= 4 is 8.46 Å². The first-order valence-electron chi connectivity index (χ1n) is 5.55. The highest BCUT2D eigenvalue weighted by molar-refractivity contribution is 7.24. The molecule has 0 saturated heterocycles. The van der Waals surface area contributed by atoms with Gasteiger partial charge < -0.3 is 5.11 Å². The average molecular weight is 220 g/mol. The van der Waals surface area contributed by atoms with Crippen molar-refractivity contribution in [2.45, 2.75) is 59.0 Å². The minimum absolute atomic E-state index is 0.278. The zero-order chi connectivity index (χ0) is 11.4. The van der Waals surface area contributed by atoms with Gasteiger partial charge in [0.05, 0.1) is 0 Å². The second kappa shape index (κ2) is 13.1. The molecule has 2 unspecified atom stereocenters. The van der Waals surface area contributed by atoms with Gasteiger partial charge in [0.1, 0.15) is 0 Å². The Morgan fingerprint density at radius 3 is 2.00 bits per heavy atom. The van der Waals surface area contributed by atoms with Crippen LogP contribution in [0.1, 0.15) is 53.4 Å². The summed E-state index contributed by atoms with van der Waals surface area (Å²) in [4.78, 5) is 0. The number of aliphatic hydroxyl groups excluding tert-OH is 1. The lowest BCUT2D eigenvalue weighted by Gasteiger charge is -2.04. The molecular weight excluding hydrogens is 195 g/mol. The molecule has 0 aromatic rings. The topological polar surface area (TPSA) is 37.3 Å². The molecule has 0 aliphatic rings. The van der Waals surface area contributed by atoms with Gasteiger partial charge in [0.25, 0.3) is 0 Å². The number of hydrogen-bond donors (Lipinski definition) is 1. The third-order valence-electron chi connectivity index (χ3n) is 2.32. The summed E-state index contributed by atoms with van der Waals surface area (Å²) in [6.45, 7) is 8.73. The summed E-state index contributed by atoms with van der Waals surface area (Å²) in [5.41, 5.74) is 0.352. The fourth-order valence-electron chi connectivity index (χ4n) is 0.718. The zero-order valence-corrected chi connectivity index (χ0v) is 10.9. The Balaban J connectivity index is 0. The van der Waals surface area contributed by atoms with Crippen molar-refractivity contribution in [1.82, 2.24) is 0 Å². The van der Waals surface area contributed by atoms with Crippen LogP contribution >= 0.6 is 8.46 Å². The molecule has 0 aromatic carbocycles. The van der Waals surface area contributed by atoms with Crippen LogP contribution in [0.5, 0.6) is 0 Å². The highest BCUT2D eigenvalue weighted by Crippen LogP contribution is 2.07. The minimum atomic E-state index is 0.278. The maximum atomic E-state index is 9.83. The maximum absolute atomic E-state index is 9.83.